The Morgan fingerprint density at radius 2 is 1.42 bits per heavy atom. The molecule has 2 heteroatoms. The van der Waals surface area contributed by atoms with Crippen LogP contribution in [0.1, 0.15) is 32.6 Å². The van der Waals surface area contributed by atoms with Crippen LogP contribution in [0, 0.1) is 6.92 Å². The second-order valence-electron chi connectivity index (χ2n) is 6.79. The number of hydrogen-bond donors (Lipinski definition) is 0. The van der Waals surface area contributed by atoms with Crippen LogP contribution in [0.5, 0.6) is 0 Å². The summed E-state index contributed by atoms with van der Waals surface area (Å²) in [5.41, 5.74) is 5.58. The first-order chi connectivity index (χ1) is 12.6. The average Bonchev–Trinajstić information content (AvgIpc) is 2.68. The van der Waals surface area contributed by atoms with E-state index in [1.54, 1.807) is 4.90 Å². The van der Waals surface area contributed by atoms with Crippen LogP contribution in [0.15, 0.2) is 78.9 Å². The number of aryl methyl sites for hydroxylation is 3. The van der Waals surface area contributed by atoms with Crippen molar-refractivity contribution >= 4 is 5.91 Å². The highest BCUT2D eigenvalue weighted by atomic mass is 16.2. The topological polar surface area (TPSA) is 20.3 Å². The van der Waals surface area contributed by atoms with Gasteiger partial charge in [-0.3, -0.25) is 4.79 Å². The Labute approximate surface area is 156 Å². The molecule has 0 fully saturated rings. The molecular formula is C24H25NO. The third-order valence-corrected chi connectivity index (χ3v) is 4.66. The molecule has 0 saturated heterocycles. The molecule has 1 amide bonds. The molecule has 3 aromatic carbocycles. The minimum absolute atomic E-state index is 0.0780. The van der Waals surface area contributed by atoms with Crippen LogP contribution in [-0.4, -0.2) is 17.9 Å². The summed E-state index contributed by atoms with van der Waals surface area (Å²) in [7, 11) is 1.87. The normalized spacial score (nSPS) is 10.5. The van der Waals surface area contributed by atoms with Gasteiger partial charge in [-0.1, -0.05) is 78.4 Å². The molecule has 0 aliphatic carbocycles. The molecule has 3 aromatic rings. The quantitative estimate of drug-likeness (QED) is 0.613. The van der Waals surface area contributed by atoms with Gasteiger partial charge in [0.2, 0.25) is 0 Å². The van der Waals surface area contributed by atoms with Gasteiger partial charge in [-0.25, -0.2) is 0 Å². The van der Waals surface area contributed by atoms with Gasteiger partial charge in [0, 0.05) is 19.2 Å². The van der Waals surface area contributed by atoms with Gasteiger partial charge in [0.1, 0.15) is 0 Å². The number of hydrogen-bond acceptors (Lipinski definition) is 1. The summed E-state index contributed by atoms with van der Waals surface area (Å²) in [4.78, 5) is 14.8. The highest BCUT2D eigenvalue weighted by Crippen LogP contribution is 2.16. The predicted octanol–water partition coefficient (Wildman–Crippen LogP) is 5.05. The maximum atomic E-state index is 13.0. The Balaban J connectivity index is 1.71. The number of rotatable bonds is 6. The number of nitrogens with zero attached hydrogens (tertiary/aromatic N) is 1. The molecule has 132 valence electrons. The van der Waals surface area contributed by atoms with Crippen molar-refractivity contribution in [1.82, 2.24) is 4.90 Å². The molecule has 0 spiro atoms. The standard InChI is InChI=1S/C24H25NO/c1-19-12-14-21(15-13-19)18-25(2)24(26)23-11-7-6-10-22(23)17-16-20-8-4-3-5-9-20/h3-15H,16-18H2,1-2H3. The average molecular weight is 343 g/mol. The molecule has 0 unspecified atom stereocenters. The summed E-state index contributed by atoms with van der Waals surface area (Å²) in [6.45, 7) is 2.69. The zero-order valence-electron chi connectivity index (χ0n) is 15.5. The number of carbonyl (C=O) groups excluding carboxylic acids is 1. The molecular weight excluding hydrogens is 318 g/mol. The molecule has 0 saturated carbocycles. The van der Waals surface area contributed by atoms with E-state index in [1.807, 2.05) is 31.3 Å². The van der Waals surface area contributed by atoms with Crippen LogP contribution in [-0.2, 0) is 19.4 Å². The highest BCUT2D eigenvalue weighted by molar-refractivity contribution is 5.95. The van der Waals surface area contributed by atoms with Crippen molar-refractivity contribution < 1.29 is 4.79 Å². The largest absolute Gasteiger partial charge is 0.337 e. The van der Waals surface area contributed by atoms with Gasteiger partial charge in [0.15, 0.2) is 0 Å². The summed E-state index contributed by atoms with van der Waals surface area (Å²) in [6.07, 6.45) is 1.80. The molecule has 0 atom stereocenters. The first-order valence-corrected chi connectivity index (χ1v) is 9.06. The second-order valence-corrected chi connectivity index (χ2v) is 6.79. The second kappa shape index (κ2) is 8.48. The molecule has 2 nitrogen and oxygen atoms in total. The van der Waals surface area contributed by atoms with Crippen molar-refractivity contribution in [3.8, 4) is 0 Å². The van der Waals surface area contributed by atoms with E-state index in [1.165, 1.54) is 11.1 Å². The van der Waals surface area contributed by atoms with Gasteiger partial charge in [-0.15, -0.1) is 0 Å². The molecule has 0 aromatic heterocycles. The van der Waals surface area contributed by atoms with Crippen molar-refractivity contribution in [2.45, 2.75) is 26.3 Å². The Hall–Kier alpha value is -2.87. The van der Waals surface area contributed by atoms with E-state index in [4.69, 9.17) is 0 Å². The highest BCUT2D eigenvalue weighted by Gasteiger charge is 2.15. The lowest BCUT2D eigenvalue weighted by Gasteiger charge is -2.19. The van der Waals surface area contributed by atoms with E-state index in [2.05, 4.69) is 61.5 Å². The maximum absolute atomic E-state index is 13.0. The van der Waals surface area contributed by atoms with Crippen molar-refractivity contribution in [3.63, 3.8) is 0 Å². The molecule has 0 heterocycles. The van der Waals surface area contributed by atoms with Gasteiger partial charge in [0.25, 0.3) is 5.91 Å². The Morgan fingerprint density at radius 3 is 2.15 bits per heavy atom. The van der Waals surface area contributed by atoms with E-state index >= 15 is 0 Å². The van der Waals surface area contributed by atoms with Crippen LogP contribution < -0.4 is 0 Å². The number of amides is 1. The summed E-state index contributed by atoms with van der Waals surface area (Å²) < 4.78 is 0. The SMILES string of the molecule is Cc1ccc(CN(C)C(=O)c2ccccc2CCc2ccccc2)cc1. The van der Waals surface area contributed by atoms with Gasteiger partial charge in [-0.05, 0) is 42.5 Å². The summed E-state index contributed by atoms with van der Waals surface area (Å²) >= 11 is 0. The lowest BCUT2D eigenvalue weighted by Crippen LogP contribution is -2.27. The van der Waals surface area contributed by atoms with Crippen LogP contribution in [0.3, 0.4) is 0 Å². The minimum Gasteiger partial charge on any atom is -0.337 e. The molecule has 26 heavy (non-hydrogen) atoms. The van der Waals surface area contributed by atoms with Crippen molar-refractivity contribution in [3.05, 3.63) is 107 Å². The van der Waals surface area contributed by atoms with E-state index < -0.39 is 0 Å². The fourth-order valence-corrected chi connectivity index (χ4v) is 3.12. The molecule has 0 radical (unpaired) electrons. The van der Waals surface area contributed by atoms with Crippen molar-refractivity contribution in [1.29, 1.82) is 0 Å². The third kappa shape index (κ3) is 4.60. The minimum atomic E-state index is 0.0780. The Morgan fingerprint density at radius 1 is 0.769 bits per heavy atom. The first kappa shape index (κ1) is 17.9. The fourth-order valence-electron chi connectivity index (χ4n) is 3.12. The van der Waals surface area contributed by atoms with Gasteiger partial charge < -0.3 is 4.90 Å². The van der Waals surface area contributed by atoms with E-state index in [-0.39, 0.29) is 5.91 Å². The van der Waals surface area contributed by atoms with Crippen LogP contribution in [0.25, 0.3) is 0 Å². The number of carbonyl (C=O) groups is 1. The van der Waals surface area contributed by atoms with Crippen molar-refractivity contribution in [2.75, 3.05) is 7.05 Å². The zero-order chi connectivity index (χ0) is 18.4. The Bertz CT molecular complexity index is 853. The molecule has 0 aliphatic heterocycles. The van der Waals surface area contributed by atoms with Crippen molar-refractivity contribution in [2.24, 2.45) is 0 Å². The van der Waals surface area contributed by atoms with Gasteiger partial charge in [-0.2, -0.15) is 0 Å². The smallest absolute Gasteiger partial charge is 0.254 e. The monoisotopic (exact) mass is 343 g/mol. The van der Waals surface area contributed by atoms with E-state index in [9.17, 15) is 4.79 Å². The third-order valence-electron chi connectivity index (χ3n) is 4.66. The maximum Gasteiger partial charge on any atom is 0.254 e. The van der Waals surface area contributed by atoms with E-state index in [0.29, 0.717) is 6.54 Å². The molecule has 0 bridgehead atoms. The van der Waals surface area contributed by atoms with Crippen LogP contribution in [0.4, 0.5) is 0 Å². The first-order valence-electron chi connectivity index (χ1n) is 9.06. The van der Waals surface area contributed by atoms with Crippen LogP contribution in [0.2, 0.25) is 0 Å². The predicted molar refractivity (Wildman–Crippen MR) is 107 cm³/mol. The summed E-state index contributed by atoms with van der Waals surface area (Å²) in [5.74, 6) is 0.0780. The number of benzene rings is 3. The molecule has 0 N–H and O–H groups in total. The molecule has 0 aliphatic rings. The van der Waals surface area contributed by atoms with Crippen LogP contribution >= 0.6 is 0 Å². The summed E-state index contributed by atoms with van der Waals surface area (Å²) in [6, 6.07) is 26.7. The zero-order valence-corrected chi connectivity index (χ0v) is 15.5. The van der Waals surface area contributed by atoms with Gasteiger partial charge >= 0.3 is 0 Å². The lowest BCUT2D eigenvalue weighted by atomic mass is 9.99. The van der Waals surface area contributed by atoms with E-state index in [0.717, 1.165) is 29.5 Å². The Kier molecular flexibility index (Phi) is 5.85. The molecule has 3 rings (SSSR count). The lowest BCUT2D eigenvalue weighted by molar-refractivity contribution is 0.0784. The fraction of sp³-hybridized carbons (Fsp3) is 0.208. The summed E-state index contributed by atoms with van der Waals surface area (Å²) in [5, 5.41) is 0. The van der Waals surface area contributed by atoms with Gasteiger partial charge in [0.05, 0.1) is 0 Å².